The monoisotopic (exact) mass is 304 g/mol. The van der Waals surface area contributed by atoms with Crippen molar-refractivity contribution in [2.24, 2.45) is 0 Å². The third kappa shape index (κ3) is 4.46. The van der Waals surface area contributed by atoms with Gasteiger partial charge in [-0.15, -0.1) is 0 Å². The van der Waals surface area contributed by atoms with E-state index >= 15 is 0 Å². The van der Waals surface area contributed by atoms with Crippen LogP contribution in [0.15, 0.2) is 30.3 Å². The van der Waals surface area contributed by atoms with Crippen molar-refractivity contribution in [2.75, 3.05) is 5.32 Å². The lowest BCUT2D eigenvalue weighted by molar-refractivity contribution is -0.128. The number of rotatable bonds is 4. The standard InChI is InChI=1S/C13H12N4O3S/c1-8(18)14-11(19)7-10-15-13(21-17-10)16-12(20)9-5-3-2-4-6-9/h2-6H,7H2,1H3,(H,14,18,19)(H,15,16,17,20). The number of aromatic nitrogens is 2. The van der Waals surface area contributed by atoms with E-state index in [-0.39, 0.29) is 18.2 Å². The number of hydrogen-bond acceptors (Lipinski definition) is 6. The Morgan fingerprint density at radius 2 is 1.90 bits per heavy atom. The molecule has 0 bridgehead atoms. The van der Waals surface area contributed by atoms with Crippen LogP contribution in [-0.4, -0.2) is 27.1 Å². The Labute approximate surface area is 124 Å². The molecule has 0 unspecified atom stereocenters. The molecule has 0 aliphatic carbocycles. The van der Waals surface area contributed by atoms with E-state index in [1.165, 1.54) is 6.92 Å². The number of nitrogens with one attached hydrogen (secondary N) is 2. The SMILES string of the molecule is CC(=O)NC(=O)Cc1nsc(NC(=O)c2ccccc2)n1. The number of hydrogen-bond donors (Lipinski definition) is 2. The van der Waals surface area contributed by atoms with Gasteiger partial charge in [-0.25, -0.2) is 4.98 Å². The summed E-state index contributed by atoms with van der Waals surface area (Å²) in [5.74, 6) is -0.970. The topological polar surface area (TPSA) is 101 Å². The van der Waals surface area contributed by atoms with Crippen molar-refractivity contribution in [1.29, 1.82) is 0 Å². The molecule has 0 saturated carbocycles. The van der Waals surface area contributed by atoms with Crippen LogP contribution in [0.5, 0.6) is 0 Å². The highest BCUT2D eigenvalue weighted by Gasteiger charge is 2.12. The quantitative estimate of drug-likeness (QED) is 0.877. The number of carbonyl (C=O) groups excluding carboxylic acids is 3. The van der Waals surface area contributed by atoms with Gasteiger partial charge in [0.25, 0.3) is 5.91 Å². The summed E-state index contributed by atoms with van der Waals surface area (Å²) in [5, 5.41) is 5.03. The van der Waals surface area contributed by atoms with Crippen molar-refractivity contribution < 1.29 is 14.4 Å². The first-order valence-electron chi connectivity index (χ1n) is 6.04. The zero-order chi connectivity index (χ0) is 15.2. The van der Waals surface area contributed by atoms with Crippen LogP contribution in [0.2, 0.25) is 0 Å². The molecule has 0 fully saturated rings. The molecular weight excluding hydrogens is 292 g/mol. The molecule has 3 amide bonds. The number of imide groups is 1. The van der Waals surface area contributed by atoms with Crippen molar-refractivity contribution in [3.63, 3.8) is 0 Å². The van der Waals surface area contributed by atoms with Crippen LogP contribution in [0.3, 0.4) is 0 Å². The van der Waals surface area contributed by atoms with Gasteiger partial charge in [0, 0.05) is 24.0 Å². The summed E-state index contributed by atoms with van der Waals surface area (Å²) in [5.41, 5.74) is 0.503. The second kappa shape index (κ2) is 6.71. The molecule has 0 spiro atoms. The minimum atomic E-state index is -0.485. The molecule has 0 radical (unpaired) electrons. The molecule has 1 aromatic heterocycles. The highest BCUT2D eigenvalue weighted by atomic mass is 32.1. The Bertz CT molecular complexity index is 669. The van der Waals surface area contributed by atoms with E-state index in [0.717, 1.165) is 11.5 Å². The zero-order valence-electron chi connectivity index (χ0n) is 11.1. The number of nitrogens with zero attached hydrogens (tertiary/aromatic N) is 2. The van der Waals surface area contributed by atoms with Crippen LogP contribution < -0.4 is 10.6 Å². The molecule has 2 rings (SSSR count). The van der Waals surface area contributed by atoms with Gasteiger partial charge in [-0.3, -0.25) is 25.0 Å². The van der Waals surface area contributed by atoms with Gasteiger partial charge < -0.3 is 0 Å². The van der Waals surface area contributed by atoms with Crippen LogP contribution in [0.4, 0.5) is 5.13 Å². The van der Waals surface area contributed by atoms with E-state index in [2.05, 4.69) is 20.0 Å². The molecule has 108 valence electrons. The molecule has 1 heterocycles. The molecule has 21 heavy (non-hydrogen) atoms. The first-order valence-corrected chi connectivity index (χ1v) is 6.81. The molecule has 8 heteroatoms. The van der Waals surface area contributed by atoms with Gasteiger partial charge in [-0.1, -0.05) is 18.2 Å². The fourth-order valence-electron chi connectivity index (χ4n) is 1.52. The summed E-state index contributed by atoms with van der Waals surface area (Å²) >= 11 is 0.975. The van der Waals surface area contributed by atoms with Crippen LogP contribution in [0.1, 0.15) is 23.1 Å². The maximum Gasteiger partial charge on any atom is 0.257 e. The van der Waals surface area contributed by atoms with Gasteiger partial charge in [0.1, 0.15) is 0 Å². The van der Waals surface area contributed by atoms with E-state index < -0.39 is 11.8 Å². The highest BCUT2D eigenvalue weighted by Crippen LogP contribution is 2.13. The van der Waals surface area contributed by atoms with Crippen LogP contribution in [0, 0.1) is 0 Å². The van der Waals surface area contributed by atoms with Crippen molar-refractivity contribution in [1.82, 2.24) is 14.7 Å². The molecule has 0 aliphatic heterocycles. The lowest BCUT2D eigenvalue weighted by Gasteiger charge is -2.00. The van der Waals surface area contributed by atoms with E-state index in [4.69, 9.17) is 0 Å². The lowest BCUT2D eigenvalue weighted by Crippen LogP contribution is -2.29. The Morgan fingerprint density at radius 3 is 2.57 bits per heavy atom. The first-order chi connectivity index (χ1) is 10.0. The molecule has 2 N–H and O–H groups in total. The maximum atomic E-state index is 11.9. The summed E-state index contributed by atoms with van der Waals surface area (Å²) in [4.78, 5) is 38.0. The molecule has 2 aromatic rings. The minimum Gasteiger partial charge on any atom is -0.297 e. The summed E-state index contributed by atoms with van der Waals surface area (Å²) < 4.78 is 3.95. The summed E-state index contributed by atoms with van der Waals surface area (Å²) in [6.45, 7) is 1.25. The molecule has 1 aromatic carbocycles. The molecule has 7 nitrogen and oxygen atoms in total. The van der Waals surface area contributed by atoms with Gasteiger partial charge in [0.2, 0.25) is 16.9 Å². The average molecular weight is 304 g/mol. The predicted molar refractivity (Wildman–Crippen MR) is 76.8 cm³/mol. The van der Waals surface area contributed by atoms with Crippen molar-refractivity contribution in [3.8, 4) is 0 Å². The molecule has 0 saturated heterocycles. The molecule has 0 atom stereocenters. The number of carbonyl (C=O) groups is 3. The van der Waals surface area contributed by atoms with E-state index in [9.17, 15) is 14.4 Å². The third-order valence-electron chi connectivity index (χ3n) is 2.36. The highest BCUT2D eigenvalue weighted by molar-refractivity contribution is 7.09. The molecule has 0 aliphatic rings. The fourth-order valence-corrected chi connectivity index (χ4v) is 2.10. The van der Waals surface area contributed by atoms with Gasteiger partial charge in [-0.05, 0) is 12.1 Å². The number of anilines is 1. The van der Waals surface area contributed by atoms with Gasteiger partial charge in [0.15, 0.2) is 5.82 Å². The lowest BCUT2D eigenvalue weighted by atomic mass is 10.2. The van der Waals surface area contributed by atoms with Crippen LogP contribution in [-0.2, 0) is 16.0 Å². The largest absolute Gasteiger partial charge is 0.297 e. The maximum absolute atomic E-state index is 11.9. The summed E-state index contributed by atoms with van der Waals surface area (Å²) in [6, 6.07) is 8.68. The number of amides is 3. The van der Waals surface area contributed by atoms with Crippen LogP contribution >= 0.6 is 11.5 Å². The summed E-state index contributed by atoms with van der Waals surface area (Å²) in [6.07, 6.45) is -0.114. The Morgan fingerprint density at radius 1 is 1.19 bits per heavy atom. The third-order valence-corrected chi connectivity index (χ3v) is 3.03. The van der Waals surface area contributed by atoms with Crippen molar-refractivity contribution in [2.45, 2.75) is 13.3 Å². The predicted octanol–water partition coefficient (Wildman–Crippen LogP) is 0.996. The van der Waals surface area contributed by atoms with E-state index in [1.807, 2.05) is 6.07 Å². The van der Waals surface area contributed by atoms with Gasteiger partial charge in [0.05, 0.1) is 6.42 Å². The summed E-state index contributed by atoms with van der Waals surface area (Å²) in [7, 11) is 0. The second-order valence-electron chi connectivity index (χ2n) is 4.12. The number of benzene rings is 1. The van der Waals surface area contributed by atoms with Crippen LogP contribution in [0.25, 0.3) is 0 Å². The zero-order valence-corrected chi connectivity index (χ0v) is 11.9. The first kappa shape index (κ1) is 14.8. The van der Waals surface area contributed by atoms with E-state index in [0.29, 0.717) is 10.7 Å². The second-order valence-corrected chi connectivity index (χ2v) is 4.87. The molecular formula is C13H12N4O3S. The average Bonchev–Trinajstić information content (AvgIpc) is 2.85. The Kier molecular flexibility index (Phi) is 4.72. The normalized spacial score (nSPS) is 9.95. The Hall–Kier alpha value is -2.61. The van der Waals surface area contributed by atoms with Gasteiger partial charge >= 0.3 is 0 Å². The smallest absolute Gasteiger partial charge is 0.257 e. The van der Waals surface area contributed by atoms with Crippen molar-refractivity contribution >= 4 is 34.4 Å². The van der Waals surface area contributed by atoms with Gasteiger partial charge in [-0.2, -0.15) is 4.37 Å². The van der Waals surface area contributed by atoms with Crippen molar-refractivity contribution in [3.05, 3.63) is 41.7 Å². The Balaban J connectivity index is 1.96. The van der Waals surface area contributed by atoms with E-state index in [1.54, 1.807) is 24.3 Å². The fraction of sp³-hybridized carbons (Fsp3) is 0.154. The minimum absolute atomic E-state index is 0.114.